The quantitative estimate of drug-likeness (QED) is 0.837. The standard InChI is InChI=1S/C13H12Cl2N2/c14-10-4-2-8-16-12(10)6-1-7-13-11(15)5-3-9-17-13/h2-5,8-9H,1,6-7H2. The molecular formula is C13H12Cl2N2. The summed E-state index contributed by atoms with van der Waals surface area (Å²) in [5, 5.41) is 1.44. The van der Waals surface area contributed by atoms with E-state index < -0.39 is 0 Å². The van der Waals surface area contributed by atoms with Gasteiger partial charge in [0.25, 0.3) is 0 Å². The van der Waals surface area contributed by atoms with E-state index >= 15 is 0 Å². The highest BCUT2D eigenvalue weighted by atomic mass is 35.5. The van der Waals surface area contributed by atoms with E-state index in [0.717, 1.165) is 40.7 Å². The third-order valence-electron chi connectivity index (χ3n) is 2.50. The van der Waals surface area contributed by atoms with Crippen LogP contribution in [-0.2, 0) is 12.8 Å². The summed E-state index contributed by atoms with van der Waals surface area (Å²) < 4.78 is 0. The monoisotopic (exact) mass is 266 g/mol. The van der Waals surface area contributed by atoms with Crippen molar-refractivity contribution in [1.82, 2.24) is 9.97 Å². The largest absolute Gasteiger partial charge is 0.260 e. The smallest absolute Gasteiger partial charge is 0.0621 e. The fourth-order valence-corrected chi connectivity index (χ4v) is 2.06. The Morgan fingerprint density at radius 1 is 0.824 bits per heavy atom. The van der Waals surface area contributed by atoms with Gasteiger partial charge in [0.05, 0.1) is 21.4 Å². The summed E-state index contributed by atoms with van der Waals surface area (Å²) in [5.74, 6) is 0. The molecule has 0 unspecified atom stereocenters. The molecular weight excluding hydrogens is 255 g/mol. The summed E-state index contributed by atoms with van der Waals surface area (Å²) >= 11 is 12.1. The summed E-state index contributed by atoms with van der Waals surface area (Å²) in [7, 11) is 0. The maximum Gasteiger partial charge on any atom is 0.0621 e. The second-order valence-corrected chi connectivity index (χ2v) is 4.53. The highest BCUT2D eigenvalue weighted by molar-refractivity contribution is 6.31. The Kier molecular flexibility index (Phi) is 4.35. The van der Waals surface area contributed by atoms with Gasteiger partial charge in [-0.3, -0.25) is 9.97 Å². The molecule has 0 aromatic carbocycles. The zero-order chi connectivity index (χ0) is 12.1. The van der Waals surface area contributed by atoms with Crippen LogP contribution in [0.1, 0.15) is 17.8 Å². The molecule has 17 heavy (non-hydrogen) atoms. The molecule has 0 radical (unpaired) electrons. The third kappa shape index (κ3) is 3.42. The predicted molar refractivity (Wildman–Crippen MR) is 70.5 cm³/mol. The number of aryl methyl sites for hydroxylation is 2. The van der Waals surface area contributed by atoms with Gasteiger partial charge in [0.1, 0.15) is 0 Å². The summed E-state index contributed by atoms with van der Waals surface area (Å²) in [6.45, 7) is 0. The number of hydrogen-bond acceptors (Lipinski definition) is 2. The lowest BCUT2D eigenvalue weighted by atomic mass is 10.1. The second-order valence-electron chi connectivity index (χ2n) is 3.72. The number of rotatable bonds is 4. The van der Waals surface area contributed by atoms with Gasteiger partial charge >= 0.3 is 0 Å². The van der Waals surface area contributed by atoms with Crippen LogP contribution in [0.25, 0.3) is 0 Å². The van der Waals surface area contributed by atoms with Crippen LogP contribution in [0.2, 0.25) is 10.0 Å². The van der Waals surface area contributed by atoms with Gasteiger partial charge in [-0.1, -0.05) is 23.2 Å². The van der Waals surface area contributed by atoms with Crippen LogP contribution in [0, 0.1) is 0 Å². The van der Waals surface area contributed by atoms with E-state index in [9.17, 15) is 0 Å². The van der Waals surface area contributed by atoms with E-state index in [2.05, 4.69) is 9.97 Å². The highest BCUT2D eigenvalue weighted by Crippen LogP contribution is 2.17. The maximum absolute atomic E-state index is 6.03. The summed E-state index contributed by atoms with van der Waals surface area (Å²) in [5.41, 5.74) is 1.86. The van der Waals surface area contributed by atoms with E-state index in [4.69, 9.17) is 23.2 Å². The third-order valence-corrected chi connectivity index (χ3v) is 3.18. The fraction of sp³-hybridized carbons (Fsp3) is 0.231. The molecule has 0 N–H and O–H groups in total. The topological polar surface area (TPSA) is 25.8 Å². The number of nitrogens with zero attached hydrogens (tertiary/aromatic N) is 2. The first-order valence-corrected chi connectivity index (χ1v) is 6.22. The van der Waals surface area contributed by atoms with Gasteiger partial charge in [0.15, 0.2) is 0 Å². The van der Waals surface area contributed by atoms with Crippen LogP contribution in [0.4, 0.5) is 0 Å². The fourth-order valence-electron chi connectivity index (χ4n) is 1.63. The minimum atomic E-state index is 0.722. The average molecular weight is 267 g/mol. The average Bonchev–Trinajstić information content (AvgIpc) is 2.34. The van der Waals surface area contributed by atoms with E-state index in [1.807, 2.05) is 24.3 Å². The summed E-state index contributed by atoms with van der Waals surface area (Å²) in [6, 6.07) is 7.39. The van der Waals surface area contributed by atoms with Crippen molar-refractivity contribution < 1.29 is 0 Å². The highest BCUT2D eigenvalue weighted by Gasteiger charge is 2.03. The summed E-state index contributed by atoms with van der Waals surface area (Å²) in [4.78, 5) is 8.49. The minimum absolute atomic E-state index is 0.722. The van der Waals surface area contributed by atoms with E-state index in [-0.39, 0.29) is 0 Å². The Balaban J connectivity index is 1.93. The van der Waals surface area contributed by atoms with Gasteiger partial charge < -0.3 is 0 Å². The Morgan fingerprint density at radius 2 is 1.29 bits per heavy atom. The molecule has 0 saturated heterocycles. The first kappa shape index (κ1) is 12.3. The van der Waals surface area contributed by atoms with Crippen LogP contribution < -0.4 is 0 Å². The van der Waals surface area contributed by atoms with Crippen molar-refractivity contribution in [2.24, 2.45) is 0 Å². The Bertz CT molecular complexity index is 455. The Hall–Kier alpha value is -1.12. The van der Waals surface area contributed by atoms with Crippen LogP contribution in [0.3, 0.4) is 0 Å². The first-order valence-electron chi connectivity index (χ1n) is 5.46. The predicted octanol–water partition coefficient (Wildman–Crippen LogP) is 3.96. The molecule has 2 aromatic rings. The normalized spacial score (nSPS) is 10.5. The van der Waals surface area contributed by atoms with Gasteiger partial charge in [-0.05, 0) is 43.5 Å². The molecule has 0 aliphatic carbocycles. The minimum Gasteiger partial charge on any atom is -0.260 e. The number of aromatic nitrogens is 2. The van der Waals surface area contributed by atoms with Gasteiger partial charge in [0, 0.05) is 12.4 Å². The number of pyridine rings is 2. The lowest BCUT2D eigenvalue weighted by Crippen LogP contribution is -1.96. The summed E-state index contributed by atoms with van der Waals surface area (Å²) in [6.07, 6.45) is 6.14. The molecule has 0 bridgehead atoms. The molecule has 88 valence electrons. The van der Waals surface area contributed by atoms with Crippen molar-refractivity contribution in [3.63, 3.8) is 0 Å². The van der Waals surface area contributed by atoms with Crippen molar-refractivity contribution in [3.8, 4) is 0 Å². The zero-order valence-electron chi connectivity index (χ0n) is 9.24. The number of halogens is 2. The van der Waals surface area contributed by atoms with Crippen LogP contribution in [0.15, 0.2) is 36.7 Å². The molecule has 0 amide bonds. The lowest BCUT2D eigenvalue weighted by molar-refractivity contribution is 0.782. The Morgan fingerprint density at radius 3 is 1.71 bits per heavy atom. The molecule has 0 fully saturated rings. The molecule has 0 aliphatic rings. The molecule has 0 spiro atoms. The molecule has 4 heteroatoms. The van der Waals surface area contributed by atoms with Gasteiger partial charge in [-0.25, -0.2) is 0 Å². The van der Waals surface area contributed by atoms with E-state index in [1.54, 1.807) is 12.4 Å². The first-order chi connectivity index (χ1) is 8.27. The molecule has 2 rings (SSSR count). The molecule has 0 atom stereocenters. The molecule has 2 nitrogen and oxygen atoms in total. The van der Waals surface area contributed by atoms with Crippen LogP contribution in [0.5, 0.6) is 0 Å². The SMILES string of the molecule is Clc1cccnc1CCCc1ncccc1Cl. The van der Waals surface area contributed by atoms with E-state index in [0.29, 0.717) is 0 Å². The van der Waals surface area contributed by atoms with Crippen molar-refractivity contribution in [1.29, 1.82) is 0 Å². The second kappa shape index (κ2) is 5.99. The molecule has 0 aliphatic heterocycles. The van der Waals surface area contributed by atoms with Gasteiger partial charge in [-0.15, -0.1) is 0 Å². The van der Waals surface area contributed by atoms with Gasteiger partial charge in [0.2, 0.25) is 0 Å². The van der Waals surface area contributed by atoms with Crippen molar-refractivity contribution in [2.45, 2.75) is 19.3 Å². The van der Waals surface area contributed by atoms with Crippen molar-refractivity contribution in [2.75, 3.05) is 0 Å². The van der Waals surface area contributed by atoms with Crippen molar-refractivity contribution >= 4 is 23.2 Å². The Labute approximate surface area is 111 Å². The van der Waals surface area contributed by atoms with Crippen LogP contribution >= 0.6 is 23.2 Å². The molecule has 2 aromatic heterocycles. The number of hydrogen-bond donors (Lipinski definition) is 0. The maximum atomic E-state index is 6.03. The van der Waals surface area contributed by atoms with Crippen molar-refractivity contribution in [3.05, 3.63) is 58.1 Å². The van der Waals surface area contributed by atoms with Crippen LogP contribution in [-0.4, -0.2) is 9.97 Å². The molecule has 2 heterocycles. The zero-order valence-corrected chi connectivity index (χ0v) is 10.7. The van der Waals surface area contributed by atoms with Gasteiger partial charge in [-0.2, -0.15) is 0 Å². The van der Waals surface area contributed by atoms with E-state index in [1.165, 1.54) is 0 Å². The molecule has 0 saturated carbocycles. The lowest BCUT2D eigenvalue weighted by Gasteiger charge is -2.04.